The second-order valence-corrected chi connectivity index (χ2v) is 4.53. The molecule has 1 unspecified atom stereocenters. The first kappa shape index (κ1) is 10.4. The van der Waals surface area contributed by atoms with Crippen LogP contribution in [-0.2, 0) is 5.54 Å². The third-order valence-electron chi connectivity index (χ3n) is 1.91. The number of nitrogens with zero attached hydrogens (tertiary/aromatic N) is 1. The molecule has 0 spiro atoms. The zero-order valence-corrected chi connectivity index (χ0v) is 9.19. The van der Waals surface area contributed by atoms with Gasteiger partial charge in [-0.05, 0) is 20.8 Å². The molecular formula is C10H16N2S. The fourth-order valence-electron chi connectivity index (χ4n) is 1.22. The Morgan fingerprint density at radius 2 is 2.38 bits per heavy atom. The van der Waals surface area contributed by atoms with Crippen LogP contribution in [0.1, 0.15) is 25.8 Å². The van der Waals surface area contributed by atoms with Crippen LogP contribution in [0.4, 0.5) is 0 Å². The standard InChI is InChI=1S/C10H16N2S/c1-5-8(2)12-10(3,4)9-11-6-7-13-9/h5-8,12H,1H2,2-4H3. The van der Waals surface area contributed by atoms with Crippen molar-refractivity contribution >= 4 is 11.3 Å². The molecule has 1 aromatic rings. The van der Waals surface area contributed by atoms with Crippen molar-refractivity contribution in [3.8, 4) is 0 Å². The van der Waals surface area contributed by atoms with Crippen LogP contribution in [0.15, 0.2) is 24.2 Å². The van der Waals surface area contributed by atoms with Crippen molar-refractivity contribution in [1.29, 1.82) is 0 Å². The zero-order chi connectivity index (χ0) is 9.90. The van der Waals surface area contributed by atoms with Crippen LogP contribution in [0, 0.1) is 0 Å². The number of hydrogen-bond donors (Lipinski definition) is 1. The summed E-state index contributed by atoms with van der Waals surface area (Å²) >= 11 is 1.67. The Kier molecular flexibility index (Phi) is 3.22. The molecule has 13 heavy (non-hydrogen) atoms. The molecule has 0 aromatic carbocycles. The smallest absolute Gasteiger partial charge is 0.112 e. The van der Waals surface area contributed by atoms with Crippen molar-refractivity contribution in [2.24, 2.45) is 0 Å². The van der Waals surface area contributed by atoms with Crippen molar-refractivity contribution in [3.05, 3.63) is 29.2 Å². The first-order valence-corrected chi connectivity index (χ1v) is 5.24. The van der Waals surface area contributed by atoms with Gasteiger partial charge in [0.2, 0.25) is 0 Å². The fraction of sp³-hybridized carbons (Fsp3) is 0.500. The Labute approximate surface area is 83.7 Å². The maximum Gasteiger partial charge on any atom is 0.112 e. The molecule has 0 saturated heterocycles. The van der Waals surface area contributed by atoms with Gasteiger partial charge >= 0.3 is 0 Å². The van der Waals surface area contributed by atoms with Gasteiger partial charge in [0.05, 0.1) is 5.54 Å². The van der Waals surface area contributed by atoms with Gasteiger partial charge in [0.25, 0.3) is 0 Å². The molecular weight excluding hydrogens is 180 g/mol. The lowest BCUT2D eigenvalue weighted by Gasteiger charge is -2.26. The summed E-state index contributed by atoms with van der Waals surface area (Å²) in [5.41, 5.74) is -0.0677. The second kappa shape index (κ2) is 4.03. The molecule has 0 bridgehead atoms. The van der Waals surface area contributed by atoms with Crippen molar-refractivity contribution < 1.29 is 0 Å². The molecule has 72 valence electrons. The van der Waals surface area contributed by atoms with Crippen LogP contribution in [-0.4, -0.2) is 11.0 Å². The van der Waals surface area contributed by atoms with Gasteiger partial charge < -0.3 is 0 Å². The number of hydrogen-bond acceptors (Lipinski definition) is 3. The minimum absolute atomic E-state index is 0.0677. The predicted molar refractivity (Wildman–Crippen MR) is 57.9 cm³/mol. The lowest BCUT2D eigenvalue weighted by Crippen LogP contribution is -2.41. The van der Waals surface area contributed by atoms with Gasteiger partial charge in [-0.2, -0.15) is 0 Å². The third kappa shape index (κ3) is 2.64. The van der Waals surface area contributed by atoms with E-state index >= 15 is 0 Å². The van der Waals surface area contributed by atoms with Crippen LogP contribution < -0.4 is 5.32 Å². The average molecular weight is 196 g/mol. The van der Waals surface area contributed by atoms with Crippen LogP contribution in [0.5, 0.6) is 0 Å². The highest BCUT2D eigenvalue weighted by molar-refractivity contribution is 7.09. The Hall–Kier alpha value is -0.670. The van der Waals surface area contributed by atoms with Crippen molar-refractivity contribution in [2.45, 2.75) is 32.4 Å². The molecule has 0 saturated carbocycles. The Bertz CT molecular complexity index is 264. The predicted octanol–water partition coefficient (Wildman–Crippen LogP) is 2.54. The monoisotopic (exact) mass is 196 g/mol. The lowest BCUT2D eigenvalue weighted by molar-refractivity contribution is 0.380. The van der Waals surface area contributed by atoms with Crippen LogP contribution >= 0.6 is 11.3 Å². The van der Waals surface area contributed by atoms with Gasteiger partial charge in [0.1, 0.15) is 5.01 Å². The first-order valence-electron chi connectivity index (χ1n) is 4.36. The zero-order valence-electron chi connectivity index (χ0n) is 8.37. The van der Waals surface area contributed by atoms with E-state index in [-0.39, 0.29) is 5.54 Å². The van der Waals surface area contributed by atoms with E-state index in [9.17, 15) is 0 Å². The van der Waals surface area contributed by atoms with Crippen LogP contribution in [0.3, 0.4) is 0 Å². The SMILES string of the molecule is C=CC(C)NC(C)(C)c1nccs1. The summed E-state index contributed by atoms with van der Waals surface area (Å²) in [7, 11) is 0. The second-order valence-electron chi connectivity index (χ2n) is 3.63. The molecule has 0 aliphatic rings. The molecule has 1 rings (SSSR count). The maximum atomic E-state index is 4.30. The molecule has 1 N–H and O–H groups in total. The molecule has 0 radical (unpaired) electrons. The summed E-state index contributed by atoms with van der Waals surface area (Å²) in [6.45, 7) is 10.1. The highest BCUT2D eigenvalue weighted by Gasteiger charge is 2.23. The maximum absolute atomic E-state index is 4.30. The summed E-state index contributed by atoms with van der Waals surface area (Å²) < 4.78 is 0. The van der Waals surface area contributed by atoms with Crippen molar-refractivity contribution in [2.75, 3.05) is 0 Å². The third-order valence-corrected chi connectivity index (χ3v) is 3.01. The highest BCUT2D eigenvalue weighted by Crippen LogP contribution is 2.22. The van der Waals surface area contributed by atoms with E-state index in [1.54, 1.807) is 11.3 Å². The van der Waals surface area contributed by atoms with Gasteiger partial charge in [0.15, 0.2) is 0 Å². The van der Waals surface area contributed by atoms with E-state index in [2.05, 4.69) is 37.7 Å². The number of thiazole rings is 1. The van der Waals surface area contributed by atoms with E-state index in [0.29, 0.717) is 6.04 Å². The minimum Gasteiger partial charge on any atom is -0.300 e. The van der Waals surface area contributed by atoms with Crippen LogP contribution in [0.25, 0.3) is 0 Å². The minimum atomic E-state index is -0.0677. The Morgan fingerprint density at radius 3 is 2.85 bits per heavy atom. The Balaban J connectivity index is 2.71. The molecule has 1 atom stereocenters. The quantitative estimate of drug-likeness (QED) is 0.749. The van der Waals surface area contributed by atoms with E-state index in [0.717, 1.165) is 5.01 Å². The summed E-state index contributed by atoms with van der Waals surface area (Å²) in [4.78, 5) is 4.30. The lowest BCUT2D eigenvalue weighted by atomic mass is 10.1. The van der Waals surface area contributed by atoms with Gasteiger partial charge in [-0.3, -0.25) is 5.32 Å². The molecule has 0 fully saturated rings. The van der Waals surface area contributed by atoms with E-state index in [4.69, 9.17) is 0 Å². The van der Waals surface area contributed by atoms with E-state index in [1.165, 1.54) is 0 Å². The first-order chi connectivity index (χ1) is 6.06. The largest absolute Gasteiger partial charge is 0.300 e. The molecule has 3 heteroatoms. The van der Waals surface area contributed by atoms with E-state index in [1.807, 2.05) is 17.7 Å². The van der Waals surface area contributed by atoms with Gasteiger partial charge in [0, 0.05) is 17.6 Å². The van der Waals surface area contributed by atoms with Crippen molar-refractivity contribution in [3.63, 3.8) is 0 Å². The van der Waals surface area contributed by atoms with Crippen LogP contribution in [0.2, 0.25) is 0 Å². The fourth-order valence-corrected chi connectivity index (χ4v) is 1.95. The molecule has 1 aromatic heterocycles. The molecule has 1 heterocycles. The normalized spacial score (nSPS) is 14.1. The van der Waals surface area contributed by atoms with Gasteiger partial charge in [-0.15, -0.1) is 17.9 Å². The summed E-state index contributed by atoms with van der Waals surface area (Å²) in [6, 6.07) is 0.305. The number of nitrogens with one attached hydrogen (secondary N) is 1. The average Bonchev–Trinajstić information content (AvgIpc) is 2.55. The Morgan fingerprint density at radius 1 is 1.69 bits per heavy atom. The van der Waals surface area contributed by atoms with Gasteiger partial charge in [-0.25, -0.2) is 4.98 Å². The molecule has 2 nitrogen and oxygen atoms in total. The highest BCUT2D eigenvalue weighted by atomic mass is 32.1. The van der Waals surface area contributed by atoms with Crippen molar-refractivity contribution in [1.82, 2.24) is 10.3 Å². The van der Waals surface area contributed by atoms with E-state index < -0.39 is 0 Å². The molecule has 0 amide bonds. The summed E-state index contributed by atoms with van der Waals surface area (Å²) in [5, 5.41) is 6.55. The number of aromatic nitrogens is 1. The molecule has 0 aliphatic heterocycles. The van der Waals surface area contributed by atoms with Gasteiger partial charge in [-0.1, -0.05) is 6.08 Å². The number of rotatable bonds is 4. The topological polar surface area (TPSA) is 24.9 Å². The molecule has 0 aliphatic carbocycles. The summed E-state index contributed by atoms with van der Waals surface area (Å²) in [5.74, 6) is 0. The summed E-state index contributed by atoms with van der Waals surface area (Å²) in [6.07, 6.45) is 3.73.